The van der Waals surface area contributed by atoms with Crippen LogP contribution in [0.2, 0.25) is 0 Å². The number of rotatable bonds is 8. The second-order valence-electron chi connectivity index (χ2n) is 3.96. The Kier molecular flexibility index (Phi) is 6.17. The molecule has 19 heavy (non-hydrogen) atoms. The Morgan fingerprint density at radius 2 is 2.21 bits per heavy atom. The molecular formula is C12H18N4O2S. The van der Waals surface area contributed by atoms with Crippen molar-refractivity contribution in [2.24, 2.45) is 11.5 Å². The van der Waals surface area contributed by atoms with E-state index in [0.717, 1.165) is 5.69 Å². The largest absolute Gasteiger partial charge is 0.393 e. The molecule has 1 aromatic heterocycles. The van der Waals surface area contributed by atoms with Crippen LogP contribution in [-0.2, 0) is 4.74 Å². The van der Waals surface area contributed by atoms with E-state index in [1.165, 1.54) is 0 Å². The summed E-state index contributed by atoms with van der Waals surface area (Å²) < 4.78 is 5.07. The average molecular weight is 282 g/mol. The van der Waals surface area contributed by atoms with Crippen molar-refractivity contribution < 1.29 is 9.53 Å². The molecule has 0 spiro atoms. The number of nitrogens with zero attached hydrogens (tertiary/aromatic N) is 2. The molecule has 4 N–H and O–H groups in total. The van der Waals surface area contributed by atoms with E-state index in [-0.39, 0.29) is 5.69 Å². The van der Waals surface area contributed by atoms with Gasteiger partial charge in [0.05, 0.1) is 11.6 Å². The molecule has 1 amide bonds. The number of ether oxygens (including phenoxy) is 1. The number of anilines is 1. The summed E-state index contributed by atoms with van der Waals surface area (Å²) in [7, 11) is 1.63. The van der Waals surface area contributed by atoms with Gasteiger partial charge in [-0.3, -0.25) is 9.78 Å². The van der Waals surface area contributed by atoms with Crippen molar-refractivity contribution in [2.45, 2.75) is 6.42 Å². The predicted molar refractivity (Wildman–Crippen MR) is 78.2 cm³/mol. The van der Waals surface area contributed by atoms with Crippen LogP contribution in [0.4, 0.5) is 5.69 Å². The molecule has 0 radical (unpaired) electrons. The lowest BCUT2D eigenvalue weighted by Gasteiger charge is -2.24. The minimum atomic E-state index is -0.553. The molecule has 1 rings (SSSR count). The molecule has 104 valence electrons. The number of carbonyl (C=O) groups is 1. The van der Waals surface area contributed by atoms with Gasteiger partial charge in [-0.25, -0.2) is 0 Å². The fourth-order valence-corrected chi connectivity index (χ4v) is 1.66. The predicted octanol–water partition coefficient (Wildman–Crippen LogP) is 0.310. The maximum Gasteiger partial charge on any atom is 0.267 e. The summed E-state index contributed by atoms with van der Waals surface area (Å²) in [6.45, 7) is 1.88. The van der Waals surface area contributed by atoms with E-state index in [1.807, 2.05) is 11.0 Å². The van der Waals surface area contributed by atoms with Gasteiger partial charge in [0.15, 0.2) is 0 Å². The van der Waals surface area contributed by atoms with Gasteiger partial charge in [0, 0.05) is 38.5 Å². The minimum absolute atomic E-state index is 0.232. The molecule has 0 aliphatic heterocycles. The van der Waals surface area contributed by atoms with Crippen LogP contribution in [0.3, 0.4) is 0 Å². The molecule has 1 aromatic rings. The molecule has 6 nitrogen and oxygen atoms in total. The summed E-state index contributed by atoms with van der Waals surface area (Å²) in [6.07, 6.45) is 2.14. The summed E-state index contributed by atoms with van der Waals surface area (Å²) in [5, 5.41) is 0. The third kappa shape index (κ3) is 5.19. The first-order valence-corrected chi connectivity index (χ1v) is 6.23. The number of nitrogens with two attached hydrogens (primary N) is 2. The lowest BCUT2D eigenvalue weighted by atomic mass is 10.2. The van der Waals surface area contributed by atoms with Crippen LogP contribution in [0.1, 0.15) is 16.9 Å². The van der Waals surface area contributed by atoms with Crippen molar-refractivity contribution in [2.75, 3.05) is 31.7 Å². The van der Waals surface area contributed by atoms with Gasteiger partial charge in [0.2, 0.25) is 0 Å². The number of aromatic nitrogens is 1. The van der Waals surface area contributed by atoms with Gasteiger partial charge >= 0.3 is 0 Å². The quantitative estimate of drug-likeness (QED) is 0.666. The highest BCUT2D eigenvalue weighted by molar-refractivity contribution is 7.80. The lowest BCUT2D eigenvalue weighted by Crippen LogP contribution is -2.31. The number of pyridine rings is 1. The third-order valence-electron chi connectivity index (χ3n) is 2.55. The first kappa shape index (κ1) is 15.3. The second-order valence-corrected chi connectivity index (χ2v) is 4.48. The first-order valence-electron chi connectivity index (χ1n) is 5.82. The molecule has 0 atom stereocenters. The van der Waals surface area contributed by atoms with Crippen molar-refractivity contribution in [3.8, 4) is 0 Å². The number of hydrogen-bond acceptors (Lipinski definition) is 5. The fraction of sp³-hybridized carbons (Fsp3) is 0.417. The summed E-state index contributed by atoms with van der Waals surface area (Å²) in [6, 6.07) is 3.46. The van der Waals surface area contributed by atoms with Crippen LogP contribution < -0.4 is 16.4 Å². The number of carbonyl (C=O) groups excluding carboxylic acids is 1. The van der Waals surface area contributed by atoms with Gasteiger partial charge in [0.25, 0.3) is 5.91 Å². The summed E-state index contributed by atoms with van der Waals surface area (Å²) >= 11 is 4.88. The molecule has 0 saturated heterocycles. The summed E-state index contributed by atoms with van der Waals surface area (Å²) in [4.78, 5) is 17.5. The van der Waals surface area contributed by atoms with Crippen molar-refractivity contribution in [3.05, 3.63) is 24.0 Å². The molecule has 0 unspecified atom stereocenters. The van der Waals surface area contributed by atoms with E-state index in [9.17, 15) is 4.79 Å². The van der Waals surface area contributed by atoms with Gasteiger partial charge in [-0.05, 0) is 12.1 Å². The molecule has 0 bridgehead atoms. The van der Waals surface area contributed by atoms with E-state index >= 15 is 0 Å². The van der Waals surface area contributed by atoms with Crippen LogP contribution in [-0.4, -0.2) is 42.7 Å². The van der Waals surface area contributed by atoms with Gasteiger partial charge in [-0.15, -0.1) is 0 Å². The van der Waals surface area contributed by atoms with Crippen LogP contribution >= 0.6 is 12.2 Å². The van der Waals surface area contributed by atoms with E-state index in [2.05, 4.69) is 4.98 Å². The maximum absolute atomic E-state index is 11.1. The number of hydrogen-bond donors (Lipinski definition) is 2. The molecule has 0 aliphatic carbocycles. The zero-order valence-corrected chi connectivity index (χ0v) is 11.7. The van der Waals surface area contributed by atoms with Crippen molar-refractivity contribution in [1.82, 2.24) is 4.98 Å². The fourth-order valence-electron chi connectivity index (χ4n) is 1.57. The molecule has 0 aliphatic rings. The third-order valence-corrected chi connectivity index (χ3v) is 2.76. The minimum Gasteiger partial charge on any atom is -0.393 e. The van der Waals surface area contributed by atoms with Crippen LogP contribution in [0.5, 0.6) is 0 Å². The average Bonchev–Trinajstić information content (AvgIpc) is 2.38. The van der Waals surface area contributed by atoms with E-state index in [0.29, 0.717) is 31.1 Å². The van der Waals surface area contributed by atoms with Crippen LogP contribution in [0.15, 0.2) is 18.3 Å². The van der Waals surface area contributed by atoms with E-state index in [1.54, 1.807) is 19.4 Å². The van der Waals surface area contributed by atoms with Crippen molar-refractivity contribution in [3.63, 3.8) is 0 Å². The first-order chi connectivity index (χ1) is 9.04. The normalized spacial score (nSPS) is 10.2. The number of methoxy groups -OCH3 is 1. The van der Waals surface area contributed by atoms with Gasteiger partial charge in [-0.1, -0.05) is 12.2 Å². The summed E-state index contributed by atoms with van der Waals surface area (Å²) in [5.41, 5.74) is 11.8. The Labute approximate surface area is 117 Å². The molecule has 0 aromatic carbocycles. The van der Waals surface area contributed by atoms with E-state index < -0.39 is 5.91 Å². The van der Waals surface area contributed by atoms with E-state index in [4.69, 9.17) is 28.4 Å². The SMILES string of the molecule is COCCN(CCC(N)=S)c1ccnc(C(N)=O)c1. The Balaban J connectivity index is 2.85. The van der Waals surface area contributed by atoms with Gasteiger partial charge < -0.3 is 21.1 Å². The molecule has 1 heterocycles. The van der Waals surface area contributed by atoms with Crippen molar-refractivity contribution in [1.29, 1.82) is 0 Å². The van der Waals surface area contributed by atoms with Crippen molar-refractivity contribution >= 4 is 28.8 Å². The Hall–Kier alpha value is -1.73. The Bertz CT molecular complexity index is 453. The van der Waals surface area contributed by atoms with Gasteiger partial charge in [0.1, 0.15) is 5.69 Å². The smallest absolute Gasteiger partial charge is 0.267 e. The number of amides is 1. The molecule has 0 saturated carbocycles. The number of thiocarbonyl (C=S) groups is 1. The zero-order chi connectivity index (χ0) is 14.3. The zero-order valence-electron chi connectivity index (χ0n) is 10.8. The van der Waals surface area contributed by atoms with Gasteiger partial charge in [-0.2, -0.15) is 0 Å². The monoisotopic (exact) mass is 282 g/mol. The highest BCUT2D eigenvalue weighted by Crippen LogP contribution is 2.14. The number of primary amides is 1. The Morgan fingerprint density at radius 3 is 2.79 bits per heavy atom. The molecule has 0 fully saturated rings. The maximum atomic E-state index is 11.1. The summed E-state index contributed by atoms with van der Waals surface area (Å²) in [5.74, 6) is -0.553. The Morgan fingerprint density at radius 1 is 1.47 bits per heavy atom. The molecular weight excluding hydrogens is 264 g/mol. The van der Waals surface area contributed by atoms with Crippen LogP contribution in [0.25, 0.3) is 0 Å². The topological polar surface area (TPSA) is 94.5 Å². The highest BCUT2D eigenvalue weighted by atomic mass is 32.1. The second kappa shape index (κ2) is 7.65. The van der Waals surface area contributed by atoms with Crippen LogP contribution in [0, 0.1) is 0 Å². The molecule has 7 heteroatoms. The lowest BCUT2D eigenvalue weighted by molar-refractivity contribution is 0.0995. The highest BCUT2D eigenvalue weighted by Gasteiger charge is 2.10. The standard InChI is InChI=1S/C12H18N4O2S/c1-18-7-6-16(5-3-11(13)19)9-2-4-15-10(8-9)12(14)17/h2,4,8H,3,5-7H2,1H3,(H2,13,19)(H2,14,17).